The Bertz CT molecular complexity index is 749. The number of benzene rings is 2. The molecule has 5 nitrogen and oxygen atoms in total. The molecule has 0 aliphatic carbocycles. The molecule has 0 N–H and O–H groups in total. The molecule has 1 saturated heterocycles. The van der Waals surface area contributed by atoms with Gasteiger partial charge in [-0.2, -0.15) is 0 Å². The van der Waals surface area contributed by atoms with Crippen LogP contribution in [-0.2, 0) is 4.74 Å². The molecule has 0 atom stereocenters. The molecule has 5 heteroatoms. The van der Waals surface area contributed by atoms with Crippen molar-refractivity contribution < 1.29 is 14.3 Å². The molecule has 1 amide bonds. The number of Topliss-reactive ketones (excluding diaryl/α,β-unsaturated/α-hetero) is 1. The van der Waals surface area contributed by atoms with Crippen molar-refractivity contribution in [2.24, 2.45) is 0 Å². The van der Waals surface area contributed by atoms with Gasteiger partial charge in [-0.05, 0) is 35.9 Å². The molecule has 1 aliphatic heterocycles. The summed E-state index contributed by atoms with van der Waals surface area (Å²) in [4.78, 5) is 27.0. The molecular weight excluding hydrogens is 292 g/mol. The Morgan fingerprint density at radius 1 is 0.957 bits per heavy atom. The normalized spacial score (nSPS) is 14.9. The van der Waals surface area contributed by atoms with Crippen molar-refractivity contribution in [1.82, 2.24) is 4.90 Å². The minimum absolute atomic E-state index is 0.0786. The molecule has 0 unspecified atom stereocenters. The van der Waals surface area contributed by atoms with Crippen LogP contribution in [0.5, 0.6) is 0 Å². The summed E-state index contributed by atoms with van der Waals surface area (Å²) in [6, 6.07) is 12.0. The van der Waals surface area contributed by atoms with E-state index in [9.17, 15) is 9.59 Å². The van der Waals surface area contributed by atoms with Crippen molar-refractivity contribution in [2.75, 3.05) is 38.2 Å². The summed E-state index contributed by atoms with van der Waals surface area (Å²) in [6.07, 6.45) is -0.264. The summed E-state index contributed by atoms with van der Waals surface area (Å²) >= 11 is 0. The van der Waals surface area contributed by atoms with Gasteiger partial charge in [0.2, 0.25) is 0 Å². The predicted molar refractivity (Wildman–Crippen MR) is 90.1 cm³/mol. The second-order valence-electron chi connectivity index (χ2n) is 5.75. The number of ether oxygens (including phenoxy) is 1. The lowest BCUT2D eigenvalue weighted by Gasteiger charge is -2.35. The van der Waals surface area contributed by atoms with Crippen LogP contribution in [0.25, 0.3) is 10.8 Å². The van der Waals surface area contributed by atoms with Gasteiger partial charge in [-0.3, -0.25) is 4.79 Å². The predicted octanol–water partition coefficient (Wildman–Crippen LogP) is 2.93. The third-order valence-corrected chi connectivity index (χ3v) is 4.31. The molecule has 1 heterocycles. The molecule has 23 heavy (non-hydrogen) atoms. The van der Waals surface area contributed by atoms with Gasteiger partial charge in [0.25, 0.3) is 0 Å². The Morgan fingerprint density at radius 2 is 1.61 bits per heavy atom. The van der Waals surface area contributed by atoms with E-state index in [0.29, 0.717) is 13.1 Å². The maximum Gasteiger partial charge on any atom is 0.409 e. The minimum Gasteiger partial charge on any atom is -0.453 e. The maximum atomic E-state index is 11.5. The second-order valence-corrected chi connectivity index (χ2v) is 5.75. The van der Waals surface area contributed by atoms with E-state index in [2.05, 4.69) is 17.0 Å². The number of hydrogen-bond donors (Lipinski definition) is 0. The van der Waals surface area contributed by atoms with Crippen LogP contribution < -0.4 is 4.90 Å². The number of carbonyl (C=O) groups is 2. The quantitative estimate of drug-likeness (QED) is 0.800. The number of piperazine rings is 1. The first-order valence-corrected chi connectivity index (χ1v) is 7.71. The molecule has 0 saturated carbocycles. The zero-order valence-corrected chi connectivity index (χ0v) is 13.4. The largest absolute Gasteiger partial charge is 0.453 e. The smallest absolute Gasteiger partial charge is 0.409 e. The van der Waals surface area contributed by atoms with Crippen LogP contribution >= 0.6 is 0 Å². The molecule has 0 bridgehead atoms. The first-order chi connectivity index (χ1) is 11.1. The fourth-order valence-electron chi connectivity index (χ4n) is 2.93. The number of rotatable bonds is 2. The van der Waals surface area contributed by atoms with E-state index in [1.54, 1.807) is 11.8 Å². The van der Waals surface area contributed by atoms with Gasteiger partial charge in [-0.1, -0.05) is 18.2 Å². The van der Waals surface area contributed by atoms with Crippen LogP contribution in [0.15, 0.2) is 36.4 Å². The highest BCUT2D eigenvalue weighted by atomic mass is 16.5. The van der Waals surface area contributed by atoms with E-state index < -0.39 is 0 Å². The van der Waals surface area contributed by atoms with Crippen LogP contribution in [0, 0.1) is 0 Å². The van der Waals surface area contributed by atoms with Gasteiger partial charge in [0.1, 0.15) is 0 Å². The van der Waals surface area contributed by atoms with Crippen LogP contribution in [0.1, 0.15) is 17.3 Å². The maximum absolute atomic E-state index is 11.5. The van der Waals surface area contributed by atoms with Gasteiger partial charge in [-0.25, -0.2) is 4.79 Å². The summed E-state index contributed by atoms with van der Waals surface area (Å²) < 4.78 is 4.76. The van der Waals surface area contributed by atoms with Crippen molar-refractivity contribution in [3.63, 3.8) is 0 Å². The van der Waals surface area contributed by atoms with E-state index in [1.165, 1.54) is 7.11 Å². The highest BCUT2D eigenvalue weighted by Crippen LogP contribution is 2.24. The van der Waals surface area contributed by atoms with Crippen molar-refractivity contribution in [3.8, 4) is 0 Å². The van der Waals surface area contributed by atoms with Crippen LogP contribution in [0.2, 0.25) is 0 Å². The summed E-state index contributed by atoms with van der Waals surface area (Å²) in [5.74, 6) is 0.0786. The van der Waals surface area contributed by atoms with Crippen LogP contribution in [-0.4, -0.2) is 50.1 Å². The van der Waals surface area contributed by atoms with Crippen LogP contribution in [0.3, 0.4) is 0 Å². The second kappa shape index (κ2) is 6.28. The fourth-order valence-corrected chi connectivity index (χ4v) is 2.93. The van der Waals surface area contributed by atoms with Gasteiger partial charge < -0.3 is 14.5 Å². The lowest BCUT2D eigenvalue weighted by molar-refractivity contribution is 0.101. The van der Waals surface area contributed by atoms with Crippen molar-refractivity contribution in [1.29, 1.82) is 0 Å². The van der Waals surface area contributed by atoms with Gasteiger partial charge in [0.05, 0.1) is 7.11 Å². The molecule has 3 rings (SSSR count). The number of carbonyl (C=O) groups excluding carboxylic acids is 2. The number of amides is 1. The van der Waals surface area contributed by atoms with E-state index >= 15 is 0 Å². The first kappa shape index (κ1) is 15.3. The highest BCUT2D eigenvalue weighted by molar-refractivity contribution is 5.99. The standard InChI is InChI=1S/C18H20N2O3/c1-13(21)14-3-4-16-12-17(6-5-15(16)11-14)19-7-9-20(10-8-19)18(22)23-2/h3-6,11-12H,7-10H2,1-2H3. The van der Waals surface area contributed by atoms with Crippen molar-refractivity contribution >= 4 is 28.3 Å². The lowest BCUT2D eigenvalue weighted by Crippen LogP contribution is -2.48. The Hall–Kier alpha value is -2.56. The van der Waals surface area contributed by atoms with E-state index in [1.807, 2.05) is 24.3 Å². The average Bonchev–Trinajstić information content (AvgIpc) is 2.60. The summed E-state index contributed by atoms with van der Waals surface area (Å²) in [7, 11) is 1.41. The van der Waals surface area contributed by atoms with Crippen molar-refractivity contribution in [2.45, 2.75) is 6.92 Å². The van der Waals surface area contributed by atoms with Gasteiger partial charge >= 0.3 is 6.09 Å². The topological polar surface area (TPSA) is 49.9 Å². The molecule has 0 aromatic heterocycles. The number of methoxy groups -OCH3 is 1. The van der Waals surface area contributed by atoms with Gasteiger partial charge in [0.15, 0.2) is 5.78 Å². The molecule has 0 spiro atoms. The number of anilines is 1. The molecule has 2 aromatic rings. The van der Waals surface area contributed by atoms with E-state index in [0.717, 1.165) is 35.1 Å². The minimum atomic E-state index is -0.264. The Labute approximate surface area is 135 Å². The fraction of sp³-hybridized carbons (Fsp3) is 0.333. The molecular formula is C18H20N2O3. The monoisotopic (exact) mass is 312 g/mol. The van der Waals surface area contributed by atoms with E-state index in [4.69, 9.17) is 4.74 Å². The molecule has 120 valence electrons. The third-order valence-electron chi connectivity index (χ3n) is 4.31. The number of ketones is 1. The number of fused-ring (bicyclic) bond motifs is 1. The SMILES string of the molecule is COC(=O)N1CCN(c2ccc3cc(C(C)=O)ccc3c2)CC1. The van der Waals surface area contributed by atoms with Gasteiger partial charge in [-0.15, -0.1) is 0 Å². The number of nitrogens with zero attached hydrogens (tertiary/aromatic N) is 2. The molecule has 1 fully saturated rings. The molecule has 1 aliphatic rings. The molecule has 2 aromatic carbocycles. The van der Waals surface area contributed by atoms with Crippen LogP contribution in [0.4, 0.5) is 10.5 Å². The van der Waals surface area contributed by atoms with Gasteiger partial charge in [0, 0.05) is 37.4 Å². The highest BCUT2D eigenvalue weighted by Gasteiger charge is 2.21. The summed E-state index contributed by atoms with van der Waals surface area (Å²) in [5.41, 5.74) is 1.87. The van der Waals surface area contributed by atoms with Crippen molar-refractivity contribution in [3.05, 3.63) is 42.0 Å². The average molecular weight is 312 g/mol. The Balaban J connectivity index is 1.78. The zero-order valence-electron chi connectivity index (χ0n) is 13.4. The molecule has 0 radical (unpaired) electrons. The Kier molecular flexibility index (Phi) is 4.19. The number of hydrogen-bond acceptors (Lipinski definition) is 4. The summed E-state index contributed by atoms with van der Waals surface area (Å²) in [5, 5.41) is 2.18. The summed E-state index contributed by atoms with van der Waals surface area (Å²) in [6.45, 7) is 4.47. The van der Waals surface area contributed by atoms with E-state index in [-0.39, 0.29) is 11.9 Å². The Morgan fingerprint density at radius 3 is 2.26 bits per heavy atom. The lowest BCUT2D eigenvalue weighted by atomic mass is 10.0. The zero-order chi connectivity index (χ0) is 16.4. The first-order valence-electron chi connectivity index (χ1n) is 7.71. The third kappa shape index (κ3) is 3.13.